The summed E-state index contributed by atoms with van der Waals surface area (Å²) in [4.78, 5) is 8.24. The third-order valence-electron chi connectivity index (χ3n) is 2.50. The molecule has 1 aromatic carbocycles. The first-order valence-corrected chi connectivity index (χ1v) is 5.63. The van der Waals surface area contributed by atoms with Crippen LogP contribution in [-0.4, -0.2) is 9.97 Å². The fourth-order valence-corrected chi connectivity index (χ4v) is 1.75. The van der Waals surface area contributed by atoms with E-state index in [1.165, 1.54) is 5.56 Å². The molecule has 0 radical (unpaired) electrons. The van der Waals surface area contributed by atoms with Crippen LogP contribution in [0.2, 0.25) is 5.15 Å². The van der Waals surface area contributed by atoms with Crippen LogP contribution in [0.15, 0.2) is 36.7 Å². The maximum absolute atomic E-state index is 5.99. The first kappa shape index (κ1) is 11.1. The molecule has 0 spiro atoms. The lowest BCUT2D eigenvalue weighted by Crippen LogP contribution is -1.89. The van der Waals surface area contributed by atoms with Crippen LogP contribution in [0.5, 0.6) is 0 Å². The monoisotopic (exact) mass is 232 g/mol. The predicted octanol–water partition coefficient (Wildman–Crippen LogP) is 3.92. The summed E-state index contributed by atoms with van der Waals surface area (Å²) in [6.07, 6.45) is 3.24. The van der Waals surface area contributed by atoms with Gasteiger partial charge in [-0.25, -0.2) is 4.98 Å². The summed E-state index contributed by atoms with van der Waals surface area (Å²) in [5.41, 5.74) is 3.05. The van der Waals surface area contributed by atoms with E-state index in [0.717, 1.165) is 11.3 Å². The van der Waals surface area contributed by atoms with Gasteiger partial charge in [0.25, 0.3) is 0 Å². The Bertz CT molecular complexity index is 478. The molecule has 0 aliphatic heterocycles. The first-order chi connectivity index (χ1) is 7.68. The zero-order chi connectivity index (χ0) is 11.5. The lowest BCUT2D eigenvalue weighted by Gasteiger charge is -2.07. The van der Waals surface area contributed by atoms with Crippen molar-refractivity contribution in [2.45, 2.75) is 19.8 Å². The fraction of sp³-hybridized carbons (Fsp3) is 0.231. The van der Waals surface area contributed by atoms with Gasteiger partial charge in [-0.15, -0.1) is 0 Å². The van der Waals surface area contributed by atoms with E-state index in [4.69, 9.17) is 11.6 Å². The van der Waals surface area contributed by atoms with Crippen molar-refractivity contribution in [1.82, 2.24) is 9.97 Å². The van der Waals surface area contributed by atoms with Gasteiger partial charge in [-0.3, -0.25) is 4.98 Å². The zero-order valence-corrected chi connectivity index (χ0v) is 10.1. The van der Waals surface area contributed by atoms with Crippen LogP contribution in [-0.2, 0) is 0 Å². The van der Waals surface area contributed by atoms with Crippen molar-refractivity contribution in [3.8, 4) is 11.3 Å². The lowest BCUT2D eigenvalue weighted by atomic mass is 10.0. The van der Waals surface area contributed by atoms with Crippen molar-refractivity contribution in [2.75, 3.05) is 0 Å². The molecule has 1 heterocycles. The van der Waals surface area contributed by atoms with E-state index in [1.807, 2.05) is 12.1 Å². The van der Waals surface area contributed by atoms with Crippen molar-refractivity contribution in [1.29, 1.82) is 0 Å². The van der Waals surface area contributed by atoms with Crippen molar-refractivity contribution >= 4 is 11.6 Å². The summed E-state index contributed by atoms with van der Waals surface area (Å²) in [6, 6.07) is 8.27. The number of hydrogen-bond donors (Lipinski definition) is 0. The molecule has 3 heteroatoms. The van der Waals surface area contributed by atoms with Crippen molar-refractivity contribution in [2.24, 2.45) is 0 Å². The third-order valence-corrected chi connectivity index (χ3v) is 2.78. The Morgan fingerprint density at radius 3 is 2.19 bits per heavy atom. The van der Waals surface area contributed by atoms with Gasteiger partial charge >= 0.3 is 0 Å². The average Bonchev–Trinajstić information content (AvgIpc) is 2.30. The quantitative estimate of drug-likeness (QED) is 0.784. The fourth-order valence-electron chi connectivity index (χ4n) is 1.54. The zero-order valence-electron chi connectivity index (χ0n) is 9.31. The topological polar surface area (TPSA) is 25.8 Å². The Balaban J connectivity index is 2.39. The summed E-state index contributed by atoms with van der Waals surface area (Å²) < 4.78 is 0. The highest BCUT2D eigenvalue weighted by atomic mass is 35.5. The average molecular weight is 233 g/mol. The molecule has 0 aliphatic carbocycles. The summed E-state index contributed by atoms with van der Waals surface area (Å²) >= 11 is 5.99. The van der Waals surface area contributed by atoms with Crippen LogP contribution in [0.3, 0.4) is 0 Å². The molecule has 2 rings (SSSR count). The van der Waals surface area contributed by atoms with Gasteiger partial charge in [0.15, 0.2) is 5.15 Å². The number of nitrogens with zero attached hydrogens (tertiary/aromatic N) is 2. The summed E-state index contributed by atoms with van der Waals surface area (Å²) in [7, 11) is 0. The predicted molar refractivity (Wildman–Crippen MR) is 66.6 cm³/mol. The highest BCUT2D eigenvalue weighted by Crippen LogP contribution is 2.25. The van der Waals surface area contributed by atoms with Crippen molar-refractivity contribution < 1.29 is 0 Å². The molecule has 0 unspecified atom stereocenters. The Hall–Kier alpha value is -1.41. The van der Waals surface area contributed by atoms with E-state index in [9.17, 15) is 0 Å². The van der Waals surface area contributed by atoms with Crippen LogP contribution >= 0.6 is 11.6 Å². The van der Waals surface area contributed by atoms with E-state index < -0.39 is 0 Å². The molecule has 1 aromatic heterocycles. The van der Waals surface area contributed by atoms with Crippen LogP contribution in [0.4, 0.5) is 0 Å². The van der Waals surface area contributed by atoms with Gasteiger partial charge in [0.05, 0.1) is 0 Å². The van der Waals surface area contributed by atoms with Gasteiger partial charge < -0.3 is 0 Å². The van der Waals surface area contributed by atoms with Crippen LogP contribution < -0.4 is 0 Å². The highest BCUT2D eigenvalue weighted by molar-refractivity contribution is 6.31. The molecule has 82 valence electrons. The number of rotatable bonds is 2. The molecule has 0 saturated carbocycles. The Labute approximate surface area is 100 Å². The minimum atomic E-state index is 0.444. The molecular formula is C13H13ClN2. The molecule has 0 bridgehead atoms. The van der Waals surface area contributed by atoms with Gasteiger partial charge in [-0.1, -0.05) is 49.7 Å². The molecule has 0 saturated heterocycles. The smallest absolute Gasteiger partial charge is 0.155 e. The van der Waals surface area contributed by atoms with Gasteiger partial charge in [-0.2, -0.15) is 0 Å². The molecule has 2 aromatic rings. The Kier molecular flexibility index (Phi) is 3.20. The minimum absolute atomic E-state index is 0.444. The largest absolute Gasteiger partial charge is 0.251 e. The van der Waals surface area contributed by atoms with E-state index >= 15 is 0 Å². The molecule has 0 aliphatic rings. The van der Waals surface area contributed by atoms with Gasteiger partial charge in [0.1, 0.15) is 5.69 Å². The molecular weight excluding hydrogens is 220 g/mol. The second-order valence-electron chi connectivity index (χ2n) is 3.97. The molecule has 0 atom stereocenters. The van der Waals surface area contributed by atoms with Crippen molar-refractivity contribution in [3.05, 3.63) is 47.4 Å². The normalized spacial score (nSPS) is 10.8. The van der Waals surface area contributed by atoms with Gasteiger partial charge in [0, 0.05) is 18.0 Å². The SMILES string of the molecule is CC(C)c1ccc(-c2nccnc2Cl)cc1. The van der Waals surface area contributed by atoms with Crippen LogP contribution in [0, 0.1) is 0 Å². The summed E-state index contributed by atoms with van der Waals surface area (Å²) in [6.45, 7) is 4.34. The summed E-state index contributed by atoms with van der Waals surface area (Å²) in [5.74, 6) is 0.534. The number of halogens is 1. The van der Waals surface area contributed by atoms with Gasteiger partial charge in [0.2, 0.25) is 0 Å². The van der Waals surface area contributed by atoms with Crippen LogP contribution in [0.25, 0.3) is 11.3 Å². The highest BCUT2D eigenvalue weighted by Gasteiger charge is 2.06. The lowest BCUT2D eigenvalue weighted by molar-refractivity contribution is 0.867. The molecule has 2 nitrogen and oxygen atoms in total. The first-order valence-electron chi connectivity index (χ1n) is 5.25. The van der Waals surface area contributed by atoms with E-state index in [0.29, 0.717) is 11.1 Å². The molecule has 16 heavy (non-hydrogen) atoms. The standard InChI is InChI=1S/C13H13ClN2/c1-9(2)10-3-5-11(6-4-10)12-13(14)16-8-7-15-12/h3-9H,1-2H3. The minimum Gasteiger partial charge on any atom is -0.251 e. The molecule has 0 N–H and O–H groups in total. The van der Waals surface area contributed by atoms with E-state index in [-0.39, 0.29) is 0 Å². The Morgan fingerprint density at radius 1 is 1.00 bits per heavy atom. The number of hydrogen-bond acceptors (Lipinski definition) is 2. The molecule has 0 amide bonds. The van der Waals surface area contributed by atoms with E-state index in [1.54, 1.807) is 12.4 Å². The second-order valence-corrected chi connectivity index (χ2v) is 4.33. The third kappa shape index (κ3) is 2.22. The number of aromatic nitrogens is 2. The summed E-state index contributed by atoms with van der Waals surface area (Å²) in [5, 5.41) is 0.444. The maximum Gasteiger partial charge on any atom is 0.155 e. The maximum atomic E-state index is 5.99. The van der Waals surface area contributed by atoms with E-state index in [2.05, 4.69) is 35.9 Å². The van der Waals surface area contributed by atoms with Crippen molar-refractivity contribution in [3.63, 3.8) is 0 Å². The molecule has 0 fully saturated rings. The van der Waals surface area contributed by atoms with Gasteiger partial charge in [-0.05, 0) is 11.5 Å². The Morgan fingerprint density at radius 2 is 1.62 bits per heavy atom. The van der Waals surface area contributed by atoms with Crippen LogP contribution in [0.1, 0.15) is 25.3 Å². The number of benzene rings is 1. The second kappa shape index (κ2) is 4.62.